The molecule has 0 unspecified atom stereocenters. The molecule has 2 aromatic carbocycles. The molecule has 0 spiro atoms. The quantitative estimate of drug-likeness (QED) is 0.468. The first-order valence-electron chi connectivity index (χ1n) is 9.09. The molecular weight excluding hydrogens is 416 g/mol. The summed E-state index contributed by atoms with van der Waals surface area (Å²) in [5, 5.41) is 9.71. The molecule has 0 aliphatic heterocycles. The number of nitrogens with one attached hydrogen (secondary N) is 1. The third-order valence-electron chi connectivity index (χ3n) is 3.77. The van der Waals surface area contributed by atoms with Gasteiger partial charge >= 0.3 is 0 Å². The van der Waals surface area contributed by atoms with Crippen LogP contribution in [0.3, 0.4) is 0 Å². The van der Waals surface area contributed by atoms with Gasteiger partial charge in [-0.1, -0.05) is 30.0 Å². The van der Waals surface area contributed by atoms with Crippen LogP contribution in [0.25, 0.3) is 0 Å². The molecule has 0 bridgehead atoms. The first-order valence-corrected chi connectivity index (χ1v) is 11.1. The summed E-state index contributed by atoms with van der Waals surface area (Å²) >= 11 is 0. The van der Waals surface area contributed by atoms with Crippen molar-refractivity contribution in [1.29, 1.82) is 0 Å². The van der Waals surface area contributed by atoms with Gasteiger partial charge in [-0.05, 0) is 36.4 Å². The number of rotatable bonds is 5. The molecule has 160 valence electrons. The number of nitrogens with zero attached hydrogens (tertiary/aromatic N) is 1. The molecule has 31 heavy (non-hydrogen) atoms. The van der Waals surface area contributed by atoms with Gasteiger partial charge in [-0.25, -0.2) is 13.4 Å². The van der Waals surface area contributed by atoms with Crippen molar-refractivity contribution in [2.75, 3.05) is 6.26 Å². The first-order chi connectivity index (χ1) is 14.8. The predicted molar refractivity (Wildman–Crippen MR) is 120 cm³/mol. The van der Waals surface area contributed by atoms with Crippen LogP contribution < -0.4 is 10.3 Å². The van der Waals surface area contributed by atoms with E-state index in [1.807, 2.05) is 30.3 Å². The lowest BCUT2D eigenvalue weighted by molar-refractivity contribution is 0.294. The fourth-order valence-corrected chi connectivity index (χ4v) is 3.13. The fourth-order valence-electron chi connectivity index (χ4n) is 2.43. The minimum Gasteiger partial charge on any atom is -0.502 e. The second kappa shape index (κ2) is 10.8. The van der Waals surface area contributed by atoms with E-state index in [0.717, 1.165) is 17.4 Å². The maximum atomic E-state index is 11.8. The average molecular weight is 439 g/mol. The summed E-state index contributed by atoms with van der Waals surface area (Å²) in [6.07, 6.45) is 0.994. The van der Waals surface area contributed by atoms with Crippen molar-refractivity contribution in [3.63, 3.8) is 0 Å². The summed E-state index contributed by atoms with van der Waals surface area (Å²) in [5.74, 6) is 5.51. The van der Waals surface area contributed by atoms with Gasteiger partial charge in [-0.15, -0.1) is 13.2 Å². The number of benzene rings is 2. The highest BCUT2D eigenvalue weighted by atomic mass is 32.2. The van der Waals surface area contributed by atoms with E-state index >= 15 is 0 Å². The highest BCUT2D eigenvalue weighted by Crippen LogP contribution is 2.15. The number of ether oxygens (including phenoxy) is 1. The maximum Gasteiger partial charge on any atom is 0.293 e. The van der Waals surface area contributed by atoms with Crippen LogP contribution in [-0.4, -0.2) is 29.7 Å². The average Bonchev–Trinajstić information content (AvgIpc) is 2.76. The number of aromatic amines is 1. The molecule has 0 radical (unpaired) electrons. The number of hydrogen-bond donors (Lipinski definition) is 2. The van der Waals surface area contributed by atoms with E-state index in [9.17, 15) is 18.3 Å². The minimum absolute atomic E-state index is 0.0959. The molecule has 1 heterocycles. The Hall–Kier alpha value is -3.83. The molecule has 7 nitrogen and oxygen atoms in total. The van der Waals surface area contributed by atoms with E-state index in [1.54, 1.807) is 24.3 Å². The Morgan fingerprint density at radius 3 is 2.19 bits per heavy atom. The summed E-state index contributed by atoms with van der Waals surface area (Å²) in [4.78, 5) is 18.1. The Balaban J connectivity index is 0.00000166. The molecule has 0 aliphatic rings. The number of hydrogen-bond acceptors (Lipinski definition) is 6. The number of sulfone groups is 1. The smallest absolute Gasteiger partial charge is 0.293 e. The van der Waals surface area contributed by atoms with E-state index in [1.165, 1.54) is 0 Å². The van der Waals surface area contributed by atoms with E-state index < -0.39 is 26.9 Å². The molecule has 0 aliphatic carbocycles. The van der Waals surface area contributed by atoms with Gasteiger partial charge in [0.1, 0.15) is 23.9 Å². The van der Waals surface area contributed by atoms with Gasteiger partial charge in [0.25, 0.3) is 5.56 Å². The van der Waals surface area contributed by atoms with Crippen molar-refractivity contribution in [2.24, 2.45) is 0 Å². The molecule has 0 amide bonds. The van der Waals surface area contributed by atoms with E-state index in [4.69, 9.17) is 4.74 Å². The monoisotopic (exact) mass is 438 g/mol. The maximum absolute atomic E-state index is 11.8. The van der Waals surface area contributed by atoms with Crippen molar-refractivity contribution < 1.29 is 18.3 Å². The molecule has 3 rings (SSSR count). The van der Waals surface area contributed by atoms with Crippen LogP contribution in [0.5, 0.6) is 11.5 Å². The Bertz CT molecular complexity index is 1240. The van der Waals surface area contributed by atoms with Gasteiger partial charge in [0.2, 0.25) is 5.75 Å². The van der Waals surface area contributed by atoms with Gasteiger partial charge in [-0.3, -0.25) is 4.79 Å². The normalized spacial score (nSPS) is 10.2. The molecule has 1 aromatic heterocycles. The summed E-state index contributed by atoms with van der Waals surface area (Å²) in [6, 6.07) is 16.7. The van der Waals surface area contributed by atoms with Crippen molar-refractivity contribution in [1.82, 2.24) is 9.97 Å². The fraction of sp³-hybridized carbons (Fsp3) is 0.130. The van der Waals surface area contributed by atoms with Crippen molar-refractivity contribution in [3.05, 3.63) is 101 Å². The highest BCUT2D eigenvalue weighted by Gasteiger charge is 2.15. The van der Waals surface area contributed by atoms with Gasteiger partial charge in [0.05, 0.1) is 5.75 Å². The Morgan fingerprint density at radius 1 is 1.03 bits per heavy atom. The summed E-state index contributed by atoms with van der Waals surface area (Å²) in [5.41, 5.74) is 0.707. The standard InChI is InChI=1S/C21H18N2O5S.C2H4/c1-29(26,27)14-18-20(24)21(25)23-19(22-18)13-28-17-11-9-16(10-12-17)8-7-15-5-3-2-4-6-15;1-2/h2-6,9-12,24H,13-14H2,1H3,(H,22,23,25);1-2H2. The predicted octanol–water partition coefficient (Wildman–Crippen LogP) is 2.80. The highest BCUT2D eigenvalue weighted by molar-refractivity contribution is 7.89. The van der Waals surface area contributed by atoms with Crippen molar-refractivity contribution in [2.45, 2.75) is 12.4 Å². The van der Waals surface area contributed by atoms with Gasteiger partial charge < -0.3 is 14.8 Å². The zero-order valence-corrected chi connectivity index (χ0v) is 17.8. The number of aromatic nitrogens is 2. The van der Waals surface area contributed by atoms with Crippen LogP contribution in [0.15, 0.2) is 72.5 Å². The van der Waals surface area contributed by atoms with Crippen LogP contribution in [0.4, 0.5) is 0 Å². The van der Waals surface area contributed by atoms with Gasteiger partial charge in [-0.2, -0.15) is 0 Å². The number of aromatic hydroxyl groups is 1. The Labute approximate surface area is 181 Å². The molecule has 3 aromatic rings. The Morgan fingerprint density at radius 2 is 1.61 bits per heavy atom. The first kappa shape index (κ1) is 23.4. The Kier molecular flexibility index (Phi) is 8.17. The lowest BCUT2D eigenvalue weighted by atomic mass is 10.2. The second-order valence-corrected chi connectivity index (χ2v) is 8.45. The topological polar surface area (TPSA) is 109 Å². The third kappa shape index (κ3) is 7.49. The summed E-state index contributed by atoms with van der Waals surface area (Å²) in [6.45, 7) is 5.90. The third-order valence-corrected chi connectivity index (χ3v) is 4.57. The van der Waals surface area contributed by atoms with Gasteiger partial charge in [0, 0.05) is 17.4 Å². The van der Waals surface area contributed by atoms with Crippen LogP contribution in [0.1, 0.15) is 22.6 Å². The second-order valence-electron chi connectivity index (χ2n) is 6.31. The van der Waals surface area contributed by atoms with Crippen molar-refractivity contribution >= 4 is 9.84 Å². The lowest BCUT2D eigenvalue weighted by Gasteiger charge is -2.08. The molecule has 0 atom stereocenters. The molecule has 8 heteroatoms. The SMILES string of the molecule is C=C.CS(=O)(=O)Cc1nc(COc2ccc(C#Cc3ccccc3)cc2)[nH]c(=O)c1O. The van der Waals surface area contributed by atoms with E-state index in [0.29, 0.717) is 5.75 Å². The zero-order valence-electron chi connectivity index (χ0n) is 17.0. The molecular formula is C23H22N2O5S. The molecule has 0 fully saturated rings. The summed E-state index contributed by atoms with van der Waals surface area (Å²) < 4.78 is 28.4. The van der Waals surface area contributed by atoms with Crippen LogP contribution in [0.2, 0.25) is 0 Å². The van der Waals surface area contributed by atoms with E-state index in [-0.39, 0.29) is 18.1 Å². The molecule has 2 N–H and O–H groups in total. The summed E-state index contributed by atoms with van der Waals surface area (Å²) in [7, 11) is -3.46. The molecule has 0 saturated carbocycles. The van der Waals surface area contributed by atoms with Crippen LogP contribution in [-0.2, 0) is 22.2 Å². The van der Waals surface area contributed by atoms with E-state index in [2.05, 4.69) is 35.0 Å². The van der Waals surface area contributed by atoms with Crippen molar-refractivity contribution in [3.8, 4) is 23.3 Å². The zero-order chi connectivity index (χ0) is 22.9. The minimum atomic E-state index is -3.46. The van der Waals surface area contributed by atoms with Gasteiger partial charge in [0.15, 0.2) is 9.84 Å². The van der Waals surface area contributed by atoms with Crippen LogP contribution >= 0.6 is 0 Å². The lowest BCUT2D eigenvalue weighted by Crippen LogP contribution is -2.17. The largest absolute Gasteiger partial charge is 0.502 e. The van der Waals surface area contributed by atoms with Crippen LogP contribution in [0, 0.1) is 11.8 Å². The number of H-pyrrole nitrogens is 1. The molecule has 0 saturated heterocycles.